The molecule has 0 aliphatic heterocycles. The highest BCUT2D eigenvalue weighted by atomic mass is 79.9. The predicted molar refractivity (Wildman–Crippen MR) is 77.3 cm³/mol. The van der Waals surface area contributed by atoms with Crippen molar-refractivity contribution in [2.75, 3.05) is 11.4 Å². The lowest BCUT2D eigenvalue weighted by Gasteiger charge is -2.25. The smallest absolute Gasteiger partial charge is 0.0380 e. The van der Waals surface area contributed by atoms with Gasteiger partial charge in [0.2, 0.25) is 0 Å². The van der Waals surface area contributed by atoms with E-state index in [0.29, 0.717) is 6.54 Å². The van der Waals surface area contributed by atoms with Crippen LogP contribution in [0.1, 0.15) is 38.2 Å². The van der Waals surface area contributed by atoms with Crippen molar-refractivity contribution in [3.05, 3.63) is 28.2 Å². The van der Waals surface area contributed by atoms with Gasteiger partial charge in [-0.3, -0.25) is 0 Å². The third kappa shape index (κ3) is 3.23. The van der Waals surface area contributed by atoms with Crippen molar-refractivity contribution < 1.29 is 0 Å². The zero-order chi connectivity index (χ0) is 12.3. The lowest BCUT2D eigenvalue weighted by Crippen LogP contribution is -2.26. The van der Waals surface area contributed by atoms with E-state index in [2.05, 4.69) is 46.0 Å². The maximum Gasteiger partial charge on any atom is 0.0380 e. The summed E-state index contributed by atoms with van der Waals surface area (Å²) < 4.78 is 1.14. The molecule has 0 spiro atoms. The average Bonchev–Trinajstić information content (AvgIpc) is 3.14. The van der Waals surface area contributed by atoms with Gasteiger partial charge in [0.05, 0.1) is 0 Å². The summed E-state index contributed by atoms with van der Waals surface area (Å²) in [5.41, 5.74) is 8.20. The van der Waals surface area contributed by atoms with Gasteiger partial charge < -0.3 is 10.6 Å². The molecule has 2 N–H and O–H groups in total. The van der Waals surface area contributed by atoms with Gasteiger partial charge in [-0.1, -0.05) is 35.3 Å². The number of hydrogen-bond acceptors (Lipinski definition) is 2. The van der Waals surface area contributed by atoms with Gasteiger partial charge in [0.25, 0.3) is 0 Å². The molecule has 1 saturated carbocycles. The normalized spacial score (nSPS) is 15.0. The molecular weight excluding hydrogens is 276 g/mol. The molecule has 0 amide bonds. The molecule has 0 unspecified atom stereocenters. The van der Waals surface area contributed by atoms with Crippen molar-refractivity contribution in [1.82, 2.24) is 0 Å². The van der Waals surface area contributed by atoms with E-state index in [4.69, 9.17) is 5.73 Å². The average molecular weight is 297 g/mol. The number of halogens is 1. The fraction of sp³-hybridized carbons (Fsp3) is 0.571. The first-order valence-electron chi connectivity index (χ1n) is 6.51. The lowest BCUT2D eigenvalue weighted by molar-refractivity contribution is 0.713. The zero-order valence-corrected chi connectivity index (χ0v) is 12.0. The monoisotopic (exact) mass is 296 g/mol. The van der Waals surface area contributed by atoms with Crippen molar-refractivity contribution in [1.29, 1.82) is 0 Å². The molecule has 1 aromatic carbocycles. The molecule has 2 nitrogen and oxygen atoms in total. The molecule has 0 atom stereocenters. The minimum Gasteiger partial charge on any atom is -0.369 e. The van der Waals surface area contributed by atoms with Crippen LogP contribution in [0.5, 0.6) is 0 Å². The maximum absolute atomic E-state index is 5.69. The SMILES string of the molecule is CCCCN(c1ccc(CN)c(Br)c1)C1CC1. The number of unbranched alkanes of at least 4 members (excludes halogenated alkanes) is 1. The molecule has 0 heterocycles. The summed E-state index contributed by atoms with van der Waals surface area (Å²) in [5.74, 6) is 0. The van der Waals surface area contributed by atoms with E-state index in [0.717, 1.165) is 10.5 Å². The third-order valence-corrected chi connectivity index (χ3v) is 4.07. The van der Waals surface area contributed by atoms with E-state index in [9.17, 15) is 0 Å². The Balaban J connectivity index is 2.14. The van der Waals surface area contributed by atoms with Crippen molar-refractivity contribution in [2.45, 2.75) is 45.2 Å². The predicted octanol–water partition coefficient (Wildman–Crippen LogP) is 3.68. The molecule has 0 aromatic heterocycles. The van der Waals surface area contributed by atoms with Gasteiger partial charge in [-0.15, -0.1) is 0 Å². The first-order chi connectivity index (χ1) is 8.26. The minimum atomic E-state index is 0.596. The summed E-state index contributed by atoms with van der Waals surface area (Å²) in [6.45, 7) is 4.02. The second-order valence-electron chi connectivity index (χ2n) is 4.76. The van der Waals surface area contributed by atoms with Gasteiger partial charge >= 0.3 is 0 Å². The Hall–Kier alpha value is -0.540. The van der Waals surface area contributed by atoms with Crippen molar-refractivity contribution in [2.24, 2.45) is 5.73 Å². The van der Waals surface area contributed by atoms with Crippen LogP contribution in [0.25, 0.3) is 0 Å². The molecule has 1 aromatic rings. The third-order valence-electron chi connectivity index (χ3n) is 3.33. The summed E-state index contributed by atoms with van der Waals surface area (Å²) in [6, 6.07) is 7.34. The van der Waals surface area contributed by atoms with Crippen molar-refractivity contribution >= 4 is 21.6 Å². The van der Waals surface area contributed by atoms with E-state index < -0.39 is 0 Å². The molecule has 1 fully saturated rings. The molecule has 2 rings (SSSR count). The second-order valence-corrected chi connectivity index (χ2v) is 5.61. The number of hydrogen-bond donors (Lipinski definition) is 1. The summed E-state index contributed by atoms with van der Waals surface area (Å²) in [6.07, 6.45) is 5.22. The molecular formula is C14H21BrN2. The highest BCUT2D eigenvalue weighted by molar-refractivity contribution is 9.10. The van der Waals surface area contributed by atoms with Crippen LogP contribution in [0.2, 0.25) is 0 Å². The van der Waals surface area contributed by atoms with Crippen molar-refractivity contribution in [3.8, 4) is 0 Å². The van der Waals surface area contributed by atoms with E-state index in [-0.39, 0.29) is 0 Å². The quantitative estimate of drug-likeness (QED) is 0.868. The Labute approximate surface area is 112 Å². The summed E-state index contributed by atoms with van der Waals surface area (Å²) >= 11 is 3.61. The first kappa shape index (κ1) is 12.9. The largest absolute Gasteiger partial charge is 0.369 e. The molecule has 94 valence electrons. The van der Waals surface area contributed by atoms with E-state index in [1.807, 2.05) is 0 Å². The molecule has 3 heteroatoms. The summed E-state index contributed by atoms with van der Waals surface area (Å²) in [4.78, 5) is 2.55. The fourth-order valence-corrected chi connectivity index (χ4v) is 2.65. The van der Waals surface area contributed by atoms with E-state index >= 15 is 0 Å². The lowest BCUT2D eigenvalue weighted by atomic mass is 10.2. The molecule has 0 saturated heterocycles. The topological polar surface area (TPSA) is 29.3 Å². The summed E-state index contributed by atoms with van der Waals surface area (Å²) in [7, 11) is 0. The van der Waals surface area contributed by atoms with Crippen LogP contribution in [0.15, 0.2) is 22.7 Å². The number of anilines is 1. The Bertz CT molecular complexity index is 374. The Morgan fingerprint density at radius 1 is 1.41 bits per heavy atom. The van der Waals surface area contributed by atoms with Crippen LogP contribution in [-0.4, -0.2) is 12.6 Å². The summed E-state index contributed by atoms with van der Waals surface area (Å²) in [5, 5.41) is 0. The molecule has 0 radical (unpaired) electrons. The van der Waals surface area contributed by atoms with Gasteiger partial charge in [-0.2, -0.15) is 0 Å². The number of benzene rings is 1. The highest BCUT2D eigenvalue weighted by Crippen LogP contribution is 2.33. The van der Waals surface area contributed by atoms with Crippen LogP contribution in [0.3, 0.4) is 0 Å². The number of nitrogens with zero attached hydrogens (tertiary/aromatic N) is 1. The standard InChI is InChI=1S/C14H21BrN2/c1-2-3-8-17(12-6-7-12)13-5-4-11(10-16)14(15)9-13/h4-5,9,12H,2-3,6-8,10,16H2,1H3. The number of rotatable bonds is 6. The van der Waals surface area contributed by atoms with Gasteiger partial charge in [-0.05, 0) is 37.0 Å². The second kappa shape index (κ2) is 5.87. The van der Waals surface area contributed by atoms with E-state index in [1.165, 1.54) is 43.5 Å². The molecule has 17 heavy (non-hydrogen) atoms. The van der Waals surface area contributed by atoms with Crippen LogP contribution < -0.4 is 10.6 Å². The van der Waals surface area contributed by atoms with Crippen LogP contribution in [0, 0.1) is 0 Å². The molecule has 0 bridgehead atoms. The fourth-order valence-electron chi connectivity index (χ4n) is 2.12. The molecule has 1 aliphatic rings. The van der Waals surface area contributed by atoms with Crippen LogP contribution in [0.4, 0.5) is 5.69 Å². The van der Waals surface area contributed by atoms with Gasteiger partial charge in [0, 0.05) is 29.3 Å². The van der Waals surface area contributed by atoms with Gasteiger partial charge in [0.15, 0.2) is 0 Å². The van der Waals surface area contributed by atoms with Gasteiger partial charge in [0.1, 0.15) is 0 Å². The minimum absolute atomic E-state index is 0.596. The highest BCUT2D eigenvalue weighted by Gasteiger charge is 2.28. The first-order valence-corrected chi connectivity index (χ1v) is 7.30. The Morgan fingerprint density at radius 3 is 2.71 bits per heavy atom. The maximum atomic E-state index is 5.69. The zero-order valence-electron chi connectivity index (χ0n) is 10.5. The van der Waals surface area contributed by atoms with Crippen molar-refractivity contribution in [3.63, 3.8) is 0 Å². The Morgan fingerprint density at radius 2 is 2.18 bits per heavy atom. The molecule has 1 aliphatic carbocycles. The van der Waals surface area contributed by atoms with E-state index in [1.54, 1.807) is 0 Å². The Kier molecular flexibility index (Phi) is 4.46. The van der Waals surface area contributed by atoms with Gasteiger partial charge in [-0.25, -0.2) is 0 Å². The van der Waals surface area contributed by atoms with Crippen LogP contribution in [-0.2, 0) is 6.54 Å². The number of nitrogens with two attached hydrogens (primary N) is 1. The van der Waals surface area contributed by atoms with Crippen LogP contribution >= 0.6 is 15.9 Å².